The molecule has 1 unspecified atom stereocenters. The zero-order chi connectivity index (χ0) is 13.3. The fraction of sp³-hybridized carbons (Fsp3) is 0.400. The molecule has 2 rings (SSSR count). The Morgan fingerprint density at radius 1 is 1.56 bits per heavy atom. The molecule has 0 aromatic heterocycles. The van der Waals surface area contributed by atoms with Gasteiger partial charge in [-0.15, -0.1) is 0 Å². The van der Waals surface area contributed by atoms with Crippen LogP contribution in [0.4, 0.5) is 5.69 Å². The number of anilines is 1. The number of carbonyl (C=O) groups excluding carboxylic acids is 1. The normalized spacial score (nSPS) is 21.6. The molecule has 1 aliphatic heterocycles. The van der Waals surface area contributed by atoms with E-state index < -0.39 is 0 Å². The van der Waals surface area contributed by atoms with Crippen LogP contribution in [-0.4, -0.2) is 37.0 Å². The van der Waals surface area contributed by atoms with Crippen LogP contribution in [0, 0.1) is 0 Å². The van der Waals surface area contributed by atoms with E-state index in [0.29, 0.717) is 6.54 Å². The third-order valence-electron chi connectivity index (χ3n) is 3.86. The van der Waals surface area contributed by atoms with Gasteiger partial charge >= 0.3 is 0 Å². The number of para-hydroxylation sites is 1. The number of amides is 1. The number of hydrogen-bond acceptors (Lipinski definition) is 2. The quantitative estimate of drug-likeness (QED) is 0.760. The molecule has 0 bridgehead atoms. The number of nitrogens with zero attached hydrogens (tertiary/aromatic N) is 2. The predicted molar refractivity (Wildman–Crippen MR) is 74.8 cm³/mol. The van der Waals surface area contributed by atoms with E-state index in [-0.39, 0.29) is 11.4 Å². The first kappa shape index (κ1) is 12.7. The van der Waals surface area contributed by atoms with Crippen molar-refractivity contribution >= 4 is 11.6 Å². The molecule has 3 nitrogen and oxygen atoms in total. The molecule has 0 radical (unpaired) electrons. The Morgan fingerprint density at radius 3 is 2.83 bits per heavy atom. The lowest BCUT2D eigenvalue weighted by molar-refractivity contribution is -0.125. The number of carbonyl (C=O) groups is 1. The van der Waals surface area contributed by atoms with Gasteiger partial charge in [0.25, 0.3) is 0 Å². The number of fused-ring (bicyclic) bond motifs is 1. The topological polar surface area (TPSA) is 23.6 Å². The molecular weight excluding hydrogens is 224 g/mol. The van der Waals surface area contributed by atoms with Crippen molar-refractivity contribution in [3.05, 3.63) is 42.5 Å². The highest BCUT2D eigenvalue weighted by Gasteiger charge is 2.38. The molecule has 1 aliphatic rings. The predicted octanol–water partition coefficient (Wildman–Crippen LogP) is 2.08. The largest absolute Gasteiger partial charge is 0.367 e. The Balaban J connectivity index is 2.20. The standard InChI is InChI=1S/C15H20N2O/c1-5-14(18)16(3)11-15(2)10-12-8-6-7-9-13(12)17(15)4/h5-9H,1,10-11H2,2-4H3. The van der Waals surface area contributed by atoms with Crippen LogP contribution in [0.3, 0.4) is 0 Å². The first-order valence-electron chi connectivity index (χ1n) is 6.17. The summed E-state index contributed by atoms with van der Waals surface area (Å²) in [6.07, 6.45) is 2.33. The van der Waals surface area contributed by atoms with Crippen LogP contribution in [0.1, 0.15) is 12.5 Å². The Labute approximate surface area is 109 Å². The second-order valence-corrected chi connectivity index (χ2v) is 5.26. The summed E-state index contributed by atoms with van der Waals surface area (Å²) in [5, 5.41) is 0. The summed E-state index contributed by atoms with van der Waals surface area (Å²) in [6.45, 7) is 6.42. The molecule has 1 heterocycles. The Kier molecular flexibility index (Phi) is 3.16. The molecule has 0 spiro atoms. The van der Waals surface area contributed by atoms with E-state index in [9.17, 15) is 4.79 Å². The van der Waals surface area contributed by atoms with Crippen molar-refractivity contribution in [2.45, 2.75) is 18.9 Å². The smallest absolute Gasteiger partial charge is 0.245 e. The Bertz CT molecular complexity index is 483. The maximum atomic E-state index is 11.6. The molecule has 18 heavy (non-hydrogen) atoms. The summed E-state index contributed by atoms with van der Waals surface area (Å²) in [6, 6.07) is 8.42. The number of benzene rings is 1. The van der Waals surface area contributed by atoms with E-state index in [2.05, 4.69) is 49.7 Å². The first-order valence-corrected chi connectivity index (χ1v) is 6.17. The van der Waals surface area contributed by atoms with E-state index in [1.165, 1.54) is 17.3 Å². The molecule has 1 aromatic carbocycles. The minimum atomic E-state index is -0.0445. The van der Waals surface area contributed by atoms with Crippen molar-refractivity contribution in [2.75, 3.05) is 25.5 Å². The fourth-order valence-corrected chi connectivity index (χ4v) is 2.71. The summed E-state index contributed by atoms with van der Waals surface area (Å²) < 4.78 is 0. The van der Waals surface area contributed by atoms with Crippen LogP contribution in [0.2, 0.25) is 0 Å². The summed E-state index contributed by atoms with van der Waals surface area (Å²) in [5.41, 5.74) is 2.57. The average Bonchev–Trinajstić information content (AvgIpc) is 2.61. The van der Waals surface area contributed by atoms with Gasteiger partial charge < -0.3 is 9.80 Å². The fourth-order valence-electron chi connectivity index (χ4n) is 2.71. The van der Waals surface area contributed by atoms with Gasteiger partial charge in [-0.05, 0) is 31.1 Å². The van der Waals surface area contributed by atoms with Gasteiger partial charge in [0.1, 0.15) is 0 Å². The van der Waals surface area contributed by atoms with Crippen LogP contribution < -0.4 is 4.90 Å². The molecule has 0 N–H and O–H groups in total. The lowest BCUT2D eigenvalue weighted by Gasteiger charge is -2.37. The van der Waals surface area contributed by atoms with Gasteiger partial charge in [-0.25, -0.2) is 0 Å². The lowest BCUT2D eigenvalue weighted by atomic mass is 9.96. The van der Waals surface area contributed by atoms with Crippen LogP contribution in [-0.2, 0) is 11.2 Å². The van der Waals surface area contributed by atoms with E-state index >= 15 is 0 Å². The van der Waals surface area contributed by atoms with Crippen molar-refractivity contribution in [1.82, 2.24) is 4.90 Å². The van der Waals surface area contributed by atoms with Crippen molar-refractivity contribution in [3.8, 4) is 0 Å². The van der Waals surface area contributed by atoms with Crippen LogP contribution in [0.15, 0.2) is 36.9 Å². The van der Waals surface area contributed by atoms with Gasteiger partial charge in [-0.1, -0.05) is 24.8 Å². The minimum absolute atomic E-state index is 0.0272. The van der Waals surface area contributed by atoms with Gasteiger partial charge in [0.2, 0.25) is 5.91 Å². The lowest BCUT2D eigenvalue weighted by Crippen LogP contribution is -2.51. The van der Waals surface area contributed by atoms with Crippen molar-refractivity contribution in [2.24, 2.45) is 0 Å². The number of likely N-dealkylation sites (N-methyl/N-ethyl adjacent to an activating group) is 2. The Hall–Kier alpha value is -1.77. The highest BCUT2D eigenvalue weighted by Crippen LogP contribution is 2.37. The molecule has 1 aromatic rings. The zero-order valence-electron chi connectivity index (χ0n) is 11.3. The maximum Gasteiger partial charge on any atom is 0.245 e. The molecule has 0 saturated heterocycles. The SMILES string of the molecule is C=CC(=O)N(C)CC1(C)Cc2ccccc2N1C. The molecule has 0 fully saturated rings. The van der Waals surface area contributed by atoms with E-state index in [0.717, 1.165) is 6.42 Å². The van der Waals surface area contributed by atoms with Crippen LogP contribution >= 0.6 is 0 Å². The molecular formula is C15H20N2O. The van der Waals surface area contributed by atoms with Crippen molar-refractivity contribution < 1.29 is 4.79 Å². The van der Waals surface area contributed by atoms with Crippen LogP contribution in [0.25, 0.3) is 0 Å². The molecule has 96 valence electrons. The summed E-state index contributed by atoms with van der Waals surface area (Å²) in [4.78, 5) is 15.6. The second-order valence-electron chi connectivity index (χ2n) is 5.26. The highest BCUT2D eigenvalue weighted by molar-refractivity contribution is 5.86. The third kappa shape index (κ3) is 2.01. The van der Waals surface area contributed by atoms with Gasteiger partial charge in [0.15, 0.2) is 0 Å². The van der Waals surface area contributed by atoms with Crippen molar-refractivity contribution in [3.63, 3.8) is 0 Å². The number of rotatable bonds is 3. The van der Waals surface area contributed by atoms with E-state index in [4.69, 9.17) is 0 Å². The summed E-state index contributed by atoms with van der Waals surface area (Å²) >= 11 is 0. The van der Waals surface area contributed by atoms with Gasteiger partial charge in [-0.2, -0.15) is 0 Å². The molecule has 0 saturated carbocycles. The third-order valence-corrected chi connectivity index (χ3v) is 3.86. The highest BCUT2D eigenvalue weighted by atomic mass is 16.2. The van der Waals surface area contributed by atoms with Gasteiger partial charge in [-0.3, -0.25) is 4.79 Å². The maximum absolute atomic E-state index is 11.6. The van der Waals surface area contributed by atoms with Gasteiger partial charge in [0.05, 0.1) is 5.54 Å². The average molecular weight is 244 g/mol. The van der Waals surface area contributed by atoms with E-state index in [1.807, 2.05) is 7.05 Å². The molecule has 3 heteroatoms. The van der Waals surface area contributed by atoms with E-state index in [1.54, 1.807) is 4.90 Å². The zero-order valence-corrected chi connectivity index (χ0v) is 11.3. The molecule has 1 atom stereocenters. The van der Waals surface area contributed by atoms with Crippen LogP contribution in [0.5, 0.6) is 0 Å². The monoisotopic (exact) mass is 244 g/mol. The minimum Gasteiger partial charge on any atom is -0.367 e. The second kappa shape index (κ2) is 4.48. The molecule has 0 aliphatic carbocycles. The first-order chi connectivity index (χ1) is 8.48. The van der Waals surface area contributed by atoms with Gasteiger partial charge in [0, 0.05) is 26.3 Å². The Morgan fingerprint density at radius 2 is 2.22 bits per heavy atom. The van der Waals surface area contributed by atoms with Crippen molar-refractivity contribution in [1.29, 1.82) is 0 Å². The summed E-state index contributed by atoms with van der Waals surface area (Å²) in [7, 11) is 3.92. The summed E-state index contributed by atoms with van der Waals surface area (Å²) in [5.74, 6) is -0.0272. The number of hydrogen-bond donors (Lipinski definition) is 0. The molecule has 1 amide bonds.